The summed E-state index contributed by atoms with van der Waals surface area (Å²) in [5.41, 5.74) is 0. The van der Waals surface area contributed by atoms with E-state index < -0.39 is 0 Å². The molecule has 1 aliphatic rings. The van der Waals surface area contributed by atoms with Gasteiger partial charge in [-0.05, 0) is 26.4 Å². The molecule has 1 saturated heterocycles. The molecule has 64 valence electrons. The first-order chi connectivity index (χ1) is 5.34. The monoisotopic (exact) mass is 156 g/mol. The second kappa shape index (κ2) is 4.34. The Morgan fingerprint density at radius 1 is 1.64 bits per heavy atom. The second-order valence-electron chi connectivity index (χ2n) is 2.94. The van der Waals surface area contributed by atoms with Crippen LogP contribution in [0, 0.1) is 0 Å². The maximum atomic E-state index is 11.1. The van der Waals surface area contributed by atoms with Crippen LogP contribution in [0.1, 0.15) is 19.3 Å². The van der Waals surface area contributed by atoms with E-state index in [0.29, 0.717) is 5.91 Å². The summed E-state index contributed by atoms with van der Waals surface area (Å²) in [7, 11) is 1.94. The fourth-order valence-electron chi connectivity index (χ4n) is 1.39. The van der Waals surface area contributed by atoms with Crippen LogP contribution in [0.15, 0.2) is 0 Å². The Bertz CT molecular complexity index is 136. The Balaban J connectivity index is 2.10. The average Bonchev–Trinajstić information content (AvgIpc) is 2.37. The number of rotatable bonds is 4. The van der Waals surface area contributed by atoms with Crippen LogP contribution in [0.5, 0.6) is 0 Å². The summed E-state index contributed by atoms with van der Waals surface area (Å²) >= 11 is 0. The Morgan fingerprint density at radius 3 is 3.00 bits per heavy atom. The van der Waals surface area contributed by atoms with Crippen molar-refractivity contribution in [3.05, 3.63) is 0 Å². The van der Waals surface area contributed by atoms with Crippen LogP contribution >= 0.6 is 0 Å². The van der Waals surface area contributed by atoms with E-state index >= 15 is 0 Å². The number of carbonyl (C=O) groups is 1. The largest absolute Gasteiger partial charge is 0.343 e. The summed E-state index contributed by atoms with van der Waals surface area (Å²) in [5, 5.41) is 3.07. The van der Waals surface area contributed by atoms with Crippen molar-refractivity contribution >= 4 is 5.91 Å². The van der Waals surface area contributed by atoms with Gasteiger partial charge in [0.15, 0.2) is 0 Å². The van der Waals surface area contributed by atoms with Crippen molar-refractivity contribution in [1.29, 1.82) is 0 Å². The number of nitrogens with zero attached hydrogens (tertiary/aromatic N) is 1. The van der Waals surface area contributed by atoms with Gasteiger partial charge in [0.1, 0.15) is 0 Å². The molecule has 0 aromatic heterocycles. The molecule has 0 spiro atoms. The standard InChI is InChI=1S/C8H16N2O/c1-9-5-3-7-10-6-2-4-8(10)11/h9H,2-7H2,1H3. The Hall–Kier alpha value is -0.570. The molecule has 11 heavy (non-hydrogen) atoms. The predicted octanol–water partition coefficient (Wildman–Crippen LogP) is 0.218. The van der Waals surface area contributed by atoms with E-state index in [4.69, 9.17) is 0 Å². The van der Waals surface area contributed by atoms with Gasteiger partial charge in [-0.15, -0.1) is 0 Å². The zero-order valence-corrected chi connectivity index (χ0v) is 7.10. The molecular weight excluding hydrogens is 140 g/mol. The van der Waals surface area contributed by atoms with Gasteiger partial charge in [-0.25, -0.2) is 0 Å². The highest BCUT2D eigenvalue weighted by Gasteiger charge is 2.18. The molecule has 0 saturated carbocycles. The average molecular weight is 156 g/mol. The summed E-state index contributed by atoms with van der Waals surface area (Å²) < 4.78 is 0. The molecule has 1 aliphatic heterocycles. The van der Waals surface area contributed by atoms with Crippen molar-refractivity contribution < 1.29 is 4.79 Å². The molecule has 1 amide bonds. The van der Waals surface area contributed by atoms with Gasteiger partial charge in [0.2, 0.25) is 5.91 Å². The normalized spacial score (nSPS) is 17.9. The number of nitrogens with one attached hydrogen (secondary N) is 1. The van der Waals surface area contributed by atoms with Gasteiger partial charge in [-0.3, -0.25) is 4.79 Å². The number of likely N-dealkylation sites (tertiary alicyclic amines) is 1. The van der Waals surface area contributed by atoms with E-state index in [9.17, 15) is 4.79 Å². The van der Waals surface area contributed by atoms with Crippen LogP contribution in [-0.4, -0.2) is 37.5 Å². The molecule has 0 aliphatic carbocycles. The van der Waals surface area contributed by atoms with Crippen LogP contribution in [0.4, 0.5) is 0 Å². The van der Waals surface area contributed by atoms with E-state index in [1.54, 1.807) is 0 Å². The zero-order valence-electron chi connectivity index (χ0n) is 7.10. The van der Waals surface area contributed by atoms with E-state index in [-0.39, 0.29) is 0 Å². The topological polar surface area (TPSA) is 32.3 Å². The maximum Gasteiger partial charge on any atom is 0.222 e. The summed E-state index contributed by atoms with van der Waals surface area (Å²) in [6, 6.07) is 0. The van der Waals surface area contributed by atoms with E-state index in [0.717, 1.165) is 38.9 Å². The van der Waals surface area contributed by atoms with Gasteiger partial charge in [-0.2, -0.15) is 0 Å². The zero-order chi connectivity index (χ0) is 8.10. The maximum absolute atomic E-state index is 11.1. The van der Waals surface area contributed by atoms with Crippen molar-refractivity contribution in [3.63, 3.8) is 0 Å². The number of carbonyl (C=O) groups excluding carboxylic acids is 1. The molecule has 1 fully saturated rings. The minimum atomic E-state index is 0.334. The van der Waals surface area contributed by atoms with Gasteiger partial charge in [0, 0.05) is 19.5 Å². The van der Waals surface area contributed by atoms with Gasteiger partial charge < -0.3 is 10.2 Å². The molecule has 1 N–H and O–H groups in total. The van der Waals surface area contributed by atoms with Crippen LogP contribution in [-0.2, 0) is 4.79 Å². The molecule has 1 heterocycles. The Kier molecular flexibility index (Phi) is 3.36. The third-order valence-electron chi connectivity index (χ3n) is 2.03. The van der Waals surface area contributed by atoms with Crippen molar-refractivity contribution in [3.8, 4) is 0 Å². The molecule has 0 aromatic rings. The highest BCUT2D eigenvalue weighted by atomic mass is 16.2. The van der Waals surface area contributed by atoms with E-state index in [1.807, 2.05) is 11.9 Å². The van der Waals surface area contributed by atoms with Crippen molar-refractivity contribution in [2.75, 3.05) is 26.7 Å². The van der Waals surface area contributed by atoms with E-state index in [2.05, 4.69) is 5.32 Å². The second-order valence-corrected chi connectivity index (χ2v) is 2.94. The lowest BCUT2D eigenvalue weighted by atomic mass is 10.4. The first-order valence-corrected chi connectivity index (χ1v) is 4.27. The molecule has 3 nitrogen and oxygen atoms in total. The molecule has 1 rings (SSSR count). The van der Waals surface area contributed by atoms with Crippen molar-refractivity contribution in [2.45, 2.75) is 19.3 Å². The quantitative estimate of drug-likeness (QED) is 0.590. The number of hydrogen-bond acceptors (Lipinski definition) is 2. The Morgan fingerprint density at radius 2 is 2.45 bits per heavy atom. The smallest absolute Gasteiger partial charge is 0.222 e. The predicted molar refractivity (Wildman–Crippen MR) is 44.4 cm³/mol. The van der Waals surface area contributed by atoms with Crippen molar-refractivity contribution in [1.82, 2.24) is 10.2 Å². The number of hydrogen-bond donors (Lipinski definition) is 1. The molecule has 0 unspecified atom stereocenters. The SMILES string of the molecule is CNCCCN1CCCC1=O. The van der Waals surface area contributed by atoms with E-state index in [1.165, 1.54) is 0 Å². The van der Waals surface area contributed by atoms with Gasteiger partial charge in [-0.1, -0.05) is 0 Å². The number of amides is 1. The van der Waals surface area contributed by atoms with Crippen LogP contribution in [0.3, 0.4) is 0 Å². The summed E-state index contributed by atoms with van der Waals surface area (Å²) in [6.45, 7) is 2.91. The van der Waals surface area contributed by atoms with Gasteiger partial charge in [0.05, 0.1) is 0 Å². The lowest BCUT2D eigenvalue weighted by Gasteiger charge is -2.14. The highest BCUT2D eigenvalue weighted by molar-refractivity contribution is 5.77. The van der Waals surface area contributed by atoms with Crippen molar-refractivity contribution in [2.24, 2.45) is 0 Å². The lowest BCUT2D eigenvalue weighted by Crippen LogP contribution is -2.27. The fraction of sp³-hybridized carbons (Fsp3) is 0.875. The lowest BCUT2D eigenvalue weighted by molar-refractivity contribution is -0.127. The molecule has 0 aromatic carbocycles. The van der Waals surface area contributed by atoms with Gasteiger partial charge in [0.25, 0.3) is 0 Å². The summed E-state index contributed by atoms with van der Waals surface area (Å²) in [6.07, 6.45) is 2.89. The fourth-order valence-corrected chi connectivity index (χ4v) is 1.39. The van der Waals surface area contributed by atoms with Crippen LogP contribution < -0.4 is 5.32 Å². The molecule has 0 atom stereocenters. The van der Waals surface area contributed by atoms with Crippen LogP contribution in [0.25, 0.3) is 0 Å². The van der Waals surface area contributed by atoms with Crippen LogP contribution in [0.2, 0.25) is 0 Å². The third-order valence-corrected chi connectivity index (χ3v) is 2.03. The first-order valence-electron chi connectivity index (χ1n) is 4.27. The minimum Gasteiger partial charge on any atom is -0.343 e. The minimum absolute atomic E-state index is 0.334. The summed E-state index contributed by atoms with van der Waals surface area (Å²) in [4.78, 5) is 13.0. The molecular formula is C8H16N2O. The molecule has 0 bridgehead atoms. The molecule has 3 heteroatoms. The Labute approximate surface area is 67.8 Å². The first kappa shape index (κ1) is 8.53. The highest BCUT2D eigenvalue weighted by Crippen LogP contribution is 2.08. The van der Waals surface area contributed by atoms with Gasteiger partial charge >= 0.3 is 0 Å². The molecule has 0 radical (unpaired) electrons. The summed E-state index contributed by atoms with van der Waals surface area (Å²) in [5.74, 6) is 0.334. The third kappa shape index (κ3) is 2.50.